The maximum atomic E-state index is 12.7. The van der Waals surface area contributed by atoms with Gasteiger partial charge in [-0.15, -0.1) is 11.3 Å². The Morgan fingerprint density at radius 3 is 2.59 bits per heavy atom. The monoisotopic (exact) mass is 414 g/mol. The van der Waals surface area contributed by atoms with Crippen LogP contribution in [0.4, 0.5) is 5.00 Å². The molecule has 3 rings (SSSR count). The Labute approximate surface area is 177 Å². The second-order valence-corrected chi connectivity index (χ2v) is 8.76. The number of nitrogens with zero attached hydrogens (tertiary/aromatic N) is 1. The van der Waals surface area contributed by atoms with Gasteiger partial charge in [-0.3, -0.25) is 9.69 Å². The second kappa shape index (κ2) is 9.55. The van der Waals surface area contributed by atoms with E-state index in [0.717, 1.165) is 48.5 Å². The number of piperidine rings is 1. The third-order valence-electron chi connectivity index (χ3n) is 5.58. The first-order valence-electron chi connectivity index (χ1n) is 10.3. The first-order chi connectivity index (χ1) is 13.9. The number of esters is 1. The second-order valence-electron chi connectivity index (χ2n) is 7.88. The molecule has 6 heteroatoms. The standard InChI is InChI=1S/C23H30N2O3S/c1-5-28-23(27)21-19(18-7-6-16(3)17(4)12-18)14-29-22(21)24-20(26)13-25-10-8-15(2)9-11-25/h6-7,12,14-15H,5,8-11,13H2,1-4H3,(H,24,26). The van der Waals surface area contributed by atoms with Crippen LogP contribution in [-0.4, -0.2) is 43.0 Å². The van der Waals surface area contributed by atoms with Crippen LogP contribution in [0.3, 0.4) is 0 Å². The smallest absolute Gasteiger partial charge is 0.341 e. The van der Waals surface area contributed by atoms with E-state index < -0.39 is 5.97 Å². The van der Waals surface area contributed by atoms with Gasteiger partial charge in [0.15, 0.2) is 0 Å². The normalized spacial score (nSPS) is 15.3. The summed E-state index contributed by atoms with van der Waals surface area (Å²) in [6.07, 6.45) is 2.24. The predicted molar refractivity (Wildman–Crippen MR) is 119 cm³/mol. The average Bonchev–Trinajstić information content (AvgIpc) is 3.09. The number of aryl methyl sites for hydroxylation is 2. The van der Waals surface area contributed by atoms with Crippen LogP contribution in [0.1, 0.15) is 48.2 Å². The number of hydrogen-bond acceptors (Lipinski definition) is 5. The number of thiophene rings is 1. The van der Waals surface area contributed by atoms with Gasteiger partial charge in [-0.1, -0.05) is 25.1 Å². The van der Waals surface area contributed by atoms with Crippen LogP contribution < -0.4 is 5.32 Å². The van der Waals surface area contributed by atoms with E-state index in [4.69, 9.17) is 4.74 Å². The lowest BCUT2D eigenvalue weighted by atomic mass is 9.99. The highest BCUT2D eigenvalue weighted by molar-refractivity contribution is 7.15. The van der Waals surface area contributed by atoms with E-state index in [9.17, 15) is 9.59 Å². The lowest BCUT2D eigenvalue weighted by Gasteiger charge is -2.29. The summed E-state index contributed by atoms with van der Waals surface area (Å²) in [5.74, 6) is 0.241. The number of anilines is 1. The molecule has 2 heterocycles. The third kappa shape index (κ3) is 5.25. The highest BCUT2D eigenvalue weighted by Crippen LogP contribution is 2.37. The summed E-state index contributed by atoms with van der Waals surface area (Å²) in [5.41, 5.74) is 4.57. The molecule has 1 fully saturated rings. The zero-order chi connectivity index (χ0) is 21.0. The number of amides is 1. The lowest BCUT2D eigenvalue weighted by Crippen LogP contribution is -2.38. The quantitative estimate of drug-likeness (QED) is 0.685. The van der Waals surface area contributed by atoms with Crippen molar-refractivity contribution in [3.8, 4) is 11.1 Å². The van der Waals surface area contributed by atoms with Gasteiger partial charge in [-0.25, -0.2) is 4.79 Å². The fourth-order valence-corrected chi connectivity index (χ4v) is 4.54. The number of hydrogen-bond donors (Lipinski definition) is 1. The molecule has 0 radical (unpaired) electrons. The number of nitrogens with one attached hydrogen (secondary N) is 1. The summed E-state index contributed by atoms with van der Waals surface area (Å²) in [7, 11) is 0. The van der Waals surface area contributed by atoms with Gasteiger partial charge in [0.25, 0.3) is 0 Å². The molecular weight excluding hydrogens is 384 g/mol. The summed E-state index contributed by atoms with van der Waals surface area (Å²) in [5, 5.41) is 5.45. The van der Waals surface area contributed by atoms with Crippen molar-refractivity contribution in [2.75, 3.05) is 31.6 Å². The molecule has 0 bridgehead atoms. The van der Waals surface area contributed by atoms with Gasteiger partial charge < -0.3 is 10.1 Å². The Morgan fingerprint density at radius 2 is 1.93 bits per heavy atom. The Bertz CT molecular complexity index is 882. The van der Waals surface area contributed by atoms with Gasteiger partial charge in [0.05, 0.1) is 13.2 Å². The maximum absolute atomic E-state index is 12.7. The van der Waals surface area contributed by atoms with Crippen LogP contribution >= 0.6 is 11.3 Å². The van der Waals surface area contributed by atoms with E-state index in [-0.39, 0.29) is 5.91 Å². The Kier molecular flexibility index (Phi) is 7.09. The molecule has 1 aliphatic heterocycles. The molecule has 0 aliphatic carbocycles. The van der Waals surface area contributed by atoms with Crippen molar-refractivity contribution in [3.05, 3.63) is 40.3 Å². The molecule has 1 aliphatic rings. The topological polar surface area (TPSA) is 58.6 Å². The largest absolute Gasteiger partial charge is 0.462 e. The predicted octanol–water partition coefficient (Wildman–Crippen LogP) is 4.88. The zero-order valence-corrected chi connectivity index (χ0v) is 18.5. The van der Waals surface area contributed by atoms with Crippen molar-refractivity contribution in [1.82, 2.24) is 4.90 Å². The molecule has 1 aromatic carbocycles. The third-order valence-corrected chi connectivity index (χ3v) is 6.48. The van der Waals surface area contributed by atoms with E-state index in [1.54, 1.807) is 6.92 Å². The summed E-state index contributed by atoms with van der Waals surface area (Å²) in [6.45, 7) is 10.7. The lowest BCUT2D eigenvalue weighted by molar-refractivity contribution is -0.117. The number of benzene rings is 1. The van der Waals surface area contributed by atoms with E-state index in [1.165, 1.54) is 16.9 Å². The first-order valence-corrected chi connectivity index (χ1v) is 11.2. The summed E-state index contributed by atoms with van der Waals surface area (Å²) < 4.78 is 5.29. The Morgan fingerprint density at radius 1 is 1.21 bits per heavy atom. The van der Waals surface area contributed by atoms with Gasteiger partial charge in [-0.2, -0.15) is 0 Å². The van der Waals surface area contributed by atoms with Crippen LogP contribution in [-0.2, 0) is 9.53 Å². The molecule has 1 saturated heterocycles. The number of carbonyl (C=O) groups is 2. The molecule has 0 saturated carbocycles. The minimum Gasteiger partial charge on any atom is -0.462 e. The fraction of sp³-hybridized carbons (Fsp3) is 0.478. The van der Waals surface area contributed by atoms with E-state index in [1.807, 2.05) is 17.5 Å². The van der Waals surface area contributed by atoms with Crippen molar-refractivity contribution >= 4 is 28.2 Å². The molecule has 5 nitrogen and oxygen atoms in total. The van der Waals surface area contributed by atoms with Crippen LogP contribution in [0.2, 0.25) is 0 Å². The summed E-state index contributed by atoms with van der Waals surface area (Å²) in [6, 6.07) is 6.13. The van der Waals surface area contributed by atoms with Crippen molar-refractivity contribution in [1.29, 1.82) is 0 Å². The highest BCUT2D eigenvalue weighted by atomic mass is 32.1. The van der Waals surface area contributed by atoms with Crippen LogP contribution in [0, 0.1) is 19.8 Å². The van der Waals surface area contributed by atoms with E-state index in [2.05, 4.69) is 37.1 Å². The minimum atomic E-state index is -0.399. The molecule has 0 spiro atoms. The summed E-state index contributed by atoms with van der Waals surface area (Å²) >= 11 is 1.37. The van der Waals surface area contributed by atoms with Crippen molar-refractivity contribution in [2.45, 2.75) is 40.5 Å². The van der Waals surface area contributed by atoms with Gasteiger partial charge in [-0.05, 0) is 69.3 Å². The van der Waals surface area contributed by atoms with Crippen LogP contribution in [0.15, 0.2) is 23.6 Å². The van der Waals surface area contributed by atoms with Crippen molar-refractivity contribution < 1.29 is 14.3 Å². The number of likely N-dealkylation sites (tertiary alicyclic amines) is 1. The van der Waals surface area contributed by atoms with Gasteiger partial charge in [0, 0.05) is 10.9 Å². The fourth-order valence-electron chi connectivity index (χ4n) is 3.57. The van der Waals surface area contributed by atoms with Crippen LogP contribution in [0.25, 0.3) is 11.1 Å². The van der Waals surface area contributed by atoms with Crippen molar-refractivity contribution in [2.24, 2.45) is 5.92 Å². The minimum absolute atomic E-state index is 0.0846. The molecule has 29 heavy (non-hydrogen) atoms. The SMILES string of the molecule is CCOC(=O)c1c(-c2ccc(C)c(C)c2)csc1NC(=O)CN1CCC(C)CC1. The molecular formula is C23H30N2O3S. The molecule has 1 aromatic heterocycles. The highest BCUT2D eigenvalue weighted by Gasteiger charge is 2.24. The molecule has 0 unspecified atom stereocenters. The number of carbonyl (C=O) groups excluding carboxylic acids is 2. The van der Waals surface area contributed by atoms with Gasteiger partial charge in [0.1, 0.15) is 10.6 Å². The number of rotatable bonds is 6. The van der Waals surface area contributed by atoms with Gasteiger partial charge in [0.2, 0.25) is 5.91 Å². The Hall–Kier alpha value is -2.18. The molecule has 0 atom stereocenters. The van der Waals surface area contributed by atoms with E-state index in [0.29, 0.717) is 23.7 Å². The number of ether oxygens (including phenoxy) is 1. The average molecular weight is 415 g/mol. The van der Waals surface area contributed by atoms with Crippen molar-refractivity contribution in [3.63, 3.8) is 0 Å². The van der Waals surface area contributed by atoms with E-state index >= 15 is 0 Å². The summed E-state index contributed by atoms with van der Waals surface area (Å²) in [4.78, 5) is 27.5. The maximum Gasteiger partial charge on any atom is 0.341 e. The first kappa shape index (κ1) is 21.5. The Balaban J connectivity index is 1.82. The molecule has 1 N–H and O–H groups in total. The zero-order valence-electron chi connectivity index (χ0n) is 17.7. The molecule has 1 amide bonds. The molecule has 2 aromatic rings. The molecule has 156 valence electrons. The van der Waals surface area contributed by atoms with Gasteiger partial charge >= 0.3 is 5.97 Å². The van der Waals surface area contributed by atoms with Crippen LogP contribution in [0.5, 0.6) is 0 Å².